The summed E-state index contributed by atoms with van der Waals surface area (Å²) in [6.45, 7) is 2.64. The number of fused-ring (bicyclic) bond motifs is 2. The summed E-state index contributed by atoms with van der Waals surface area (Å²) in [4.78, 5) is 25.9. The van der Waals surface area contributed by atoms with E-state index in [-0.39, 0.29) is 18.9 Å². The van der Waals surface area contributed by atoms with E-state index in [0.29, 0.717) is 13.0 Å². The number of piperidine rings is 1. The highest BCUT2D eigenvalue weighted by molar-refractivity contribution is 5.89. The van der Waals surface area contributed by atoms with Crippen LogP contribution in [0.4, 0.5) is 0 Å². The number of hydrogen-bond donors (Lipinski definition) is 1. The number of carboxylic acid groups (broad SMARTS) is 1. The first-order chi connectivity index (χ1) is 12.0. The van der Waals surface area contributed by atoms with E-state index in [2.05, 4.69) is 12.1 Å². The normalized spacial score (nSPS) is 23.0. The van der Waals surface area contributed by atoms with Crippen LogP contribution in [0.1, 0.15) is 42.9 Å². The van der Waals surface area contributed by atoms with Gasteiger partial charge in [0.1, 0.15) is 5.58 Å². The maximum absolute atomic E-state index is 12.7. The van der Waals surface area contributed by atoms with Crippen molar-refractivity contribution < 1.29 is 19.1 Å². The van der Waals surface area contributed by atoms with Gasteiger partial charge in [0.2, 0.25) is 5.91 Å². The van der Waals surface area contributed by atoms with Gasteiger partial charge >= 0.3 is 5.97 Å². The molecule has 1 atom stereocenters. The molecule has 1 amide bonds. The molecular weight excluding hydrogens is 318 g/mol. The summed E-state index contributed by atoms with van der Waals surface area (Å²) >= 11 is 0. The number of hydrogen-bond acceptors (Lipinski definition) is 3. The number of aliphatic carboxylic acids is 1. The van der Waals surface area contributed by atoms with Crippen LogP contribution in [0.25, 0.3) is 11.0 Å². The summed E-state index contributed by atoms with van der Waals surface area (Å²) < 4.78 is 5.68. The molecule has 1 aliphatic carbocycles. The predicted molar refractivity (Wildman–Crippen MR) is 93.5 cm³/mol. The first-order valence-corrected chi connectivity index (χ1v) is 8.99. The Hall–Kier alpha value is -2.30. The van der Waals surface area contributed by atoms with Crippen molar-refractivity contribution in [3.8, 4) is 0 Å². The monoisotopic (exact) mass is 341 g/mol. The summed E-state index contributed by atoms with van der Waals surface area (Å²) in [5.74, 6) is -0.843. The average molecular weight is 341 g/mol. The molecular formula is C20H23NO4. The van der Waals surface area contributed by atoms with Crippen LogP contribution in [0, 0.1) is 5.41 Å². The van der Waals surface area contributed by atoms with Crippen LogP contribution in [-0.4, -0.2) is 35.0 Å². The van der Waals surface area contributed by atoms with Crippen molar-refractivity contribution in [1.82, 2.24) is 4.90 Å². The highest BCUT2D eigenvalue weighted by Gasteiger charge is 2.39. The van der Waals surface area contributed by atoms with E-state index < -0.39 is 11.4 Å². The second kappa shape index (κ2) is 5.90. The quantitative estimate of drug-likeness (QED) is 0.931. The molecule has 0 saturated carbocycles. The molecule has 1 aliphatic heterocycles. The lowest BCUT2D eigenvalue weighted by atomic mass is 9.82. The van der Waals surface area contributed by atoms with Crippen molar-refractivity contribution in [3.05, 3.63) is 35.1 Å². The molecule has 0 spiro atoms. The molecule has 1 aromatic heterocycles. The van der Waals surface area contributed by atoms with Crippen LogP contribution in [-0.2, 0) is 28.9 Å². The lowest BCUT2D eigenvalue weighted by Crippen LogP contribution is -2.48. The predicted octanol–water partition coefficient (Wildman–Crippen LogP) is 3.18. The maximum Gasteiger partial charge on any atom is 0.311 e. The molecule has 1 fully saturated rings. The van der Waals surface area contributed by atoms with Gasteiger partial charge < -0.3 is 14.4 Å². The number of rotatable bonds is 3. The number of carboxylic acids is 1. The van der Waals surface area contributed by atoms with Crippen molar-refractivity contribution in [2.24, 2.45) is 5.41 Å². The van der Waals surface area contributed by atoms with Gasteiger partial charge in [0.25, 0.3) is 0 Å². The first-order valence-electron chi connectivity index (χ1n) is 8.99. The molecule has 4 rings (SSSR count). The maximum atomic E-state index is 12.7. The lowest BCUT2D eigenvalue weighted by Gasteiger charge is -2.37. The van der Waals surface area contributed by atoms with Crippen LogP contribution in [0.2, 0.25) is 0 Å². The second-order valence-electron chi connectivity index (χ2n) is 7.69. The van der Waals surface area contributed by atoms with E-state index in [1.54, 1.807) is 18.1 Å². The van der Waals surface area contributed by atoms with E-state index in [4.69, 9.17) is 4.42 Å². The summed E-state index contributed by atoms with van der Waals surface area (Å²) in [6.07, 6.45) is 6.66. The molecule has 5 nitrogen and oxygen atoms in total. The Labute approximate surface area is 146 Å². The molecule has 132 valence electrons. The Morgan fingerprint density at radius 2 is 2.00 bits per heavy atom. The Kier molecular flexibility index (Phi) is 3.82. The van der Waals surface area contributed by atoms with E-state index in [0.717, 1.165) is 35.8 Å². The average Bonchev–Trinajstić information content (AvgIpc) is 3.19. The van der Waals surface area contributed by atoms with Crippen molar-refractivity contribution in [2.45, 2.75) is 45.4 Å². The third-order valence-electron chi connectivity index (χ3n) is 5.78. The van der Waals surface area contributed by atoms with Gasteiger partial charge in [-0.2, -0.15) is 0 Å². The lowest BCUT2D eigenvalue weighted by molar-refractivity contribution is -0.153. The van der Waals surface area contributed by atoms with Crippen molar-refractivity contribution >= 4 is 22.8 Å². The second-order valence-corrected chi connectivity index (χ2v) is 7.69. The van der Waals surface area contributed by atoms with E-state index in [1.165, 1.54) is 17.5 Å². The number of aryl methyl sites for hydroxylation is 2. The molecule has 1 unspecified atom stereocenters. The Morgan fingerprint density at radius 3 is 2.76 bits per heavy atom. The number of furan rings is 1. The summed E-state index contributed by atoms with van der Waals surface area (Å²) in [7, 11) is 0. The summed E-state index contributed by atoms with van der Waals surface area (Å²) in [5.41, 5.74) is 3.62. The highest BCUT2D eigenvalue weighted by atomic mass is 16.4. The number of amides is 1. The molecule has 2 heterocycles. The third kappa shape index (κ3) is 2.81. The molecule has 5 heteroatoms. The topological polar surface area (TPSA) is 70.8 Å². The van der Waals surface area contributed by atoms with Crippen LogP contribution >= 0.6 is 0 Å². The SMILES string of the molecule is CC1(C(=O)O)CCCN(C(=O)Cc2coc3cc4c(cc23)CCC4)C1. The molecule has 2 aromatic rings. The number of likely N-dealkylation sites (tertiary alicyclic amines) is 1. The van der Waals surface area contributed by atoms with Gasteiger partial charge in [0, 0.05) is 24.0 Å². The third-order valence-corrected chi connectivity index (χ3v) is 5.78. The molecule has 25 heavy (non-hydrogen) atoms. The Morgan fingerprint density at radius 1 is 1.24 bits per heavy atom. The number of benzene rings is 1. The minimum atomic E-state index is -0.840. The van der Waals surface area contributed by atoms with Gasteiger partial charge in [0.15, 0.2) is 0 Å². The molecule has 1 aromatic carbocycles. The van der Waals surface area contributed by atoms with E-state index in [1.807, 2.05) is 0 Å². The summed E-state index contributed by atoms with van der Waals surface area (Å²) in [6, 6.07) is 4.27. The van der Waals surface area contributed by atoms with Gasteiger partial charge in [0.05, 0.1) is 18.1 Å². The van der Waals surface area contributed by atoms with Gasteiger partial charge in [-0.05, 0) is 62.3 Å². The van der Waals surface area contributed by atoms with E-state index >= 15 is 0 Å². The number of carbonyl (C=O) groups excluding carboxylic acids is 1. The fourth-order valence-electron chi connectivity index (χ4n) is 4.19. The molecule has 2 aliphatic rings. The van der Waals surface area contributed by atoms with Crippen LogP contribution in [0.5, 0.6) is 0 Å². The Bertz CT molecular complexity index is 853. The van der Waals surface area contributed by atoms with Crippen LogP contribution in [0.3, 0.4) is 0 Å². The molecule has 0 radical (unpaired) electrons. The molecule has 1 saturated heterocycles. The molecule has 1 N–H and O–H groups in total. The van der Waals surface area contributed by atoms with Gasteiger partial charge in [-0.25, -0.2) is 0 Å². The minimum Gasteiger partial charge on any atom is -0.481 e. The van der Waals surface area contributed by atoms with Crippen LogP contribution in [0.15, 0.2) is 22.8 Å². The Balaban J connectivity index is 1.55. The fourth-order valence-corrected chi connectivity index (χ4v) is 4.19. The zero-order valence-electron chi connectivity index (χ0n) is 14.5. The molecule has 0 bridgehead atoms. The standard InChI is InChI=1S/C20H23NO4/c1-20(19(23)24)6-3-7-21(12-20)18(22)10-15-11-25-17-9-14-5-2-4-13(14)8-16(15)17/h8-9,11H,2-7,10,12H2,1H3,(H,23,24). The fraction of sp³-hybridized carbons (Fsp3) is 0.500. The largest absolute Gasteiger partial charge is 0.481 e. The van der Waals surface area contributed by atoms with E-state index in [9.17, 15) is 14.7 Å². The zero-order chi connectivity index (χ0) is 17.6. The smallest absolute Gasteiger partial charge is 0.311 e. The number of nitrogens with zero attached hydrogens (tertiary/aromatic N) is 1. The van der Waals surface area contributed by atoms with Gasteiger partial charge in [-0.15, -0.1) is 0 Å². The van der Waals surface area contributed by atoms with Crippen molar-refractivity contribution in [3.63, 3.8) is 0 Å². The van der Waals surface area contributed by atoms with Gasteiger partial charge in [-0.3, -0.25) is 9.59 Å². The summed E-state index contributed by atoms with van der Waals surface area (Å²) in [5, 5.41) is 10.5. The van der Waals surface area contributed by atoms with Crippen LogP contribution < -0.4 is 0 Å². The first kappa shape index (κ1) is 16.2. The van der Waals surface area contributed by atoms with Gasteiger partial charge in [-0.1, -0.05) is 0 Å². The number of carbonyl (C=O) groups is 2. The van der Waals surface area contributed by atoms with Crippen molar-refractivity contribution in [2.75, 3.05) is 13.1 Å². The highest BCUT2D eigenvalue weighted by Crippen LogP contribution is 2.32. The van der Waals surface area contributed by atoms with Crippen molar-refractivity contribution in [1.29, 1.82) is 0 Å². The zero-order valence-corrected chi connectivity index (χ0v) is 14.5. The minimum absolute atomic E-state index is 0.0182.